The first-order chi connectivity index (χ1) is 11.2. The highest BCUT2D eigenvalue weighted by Crippen LogP contribution is 2.13. The summed E-state index contributed by atoms with van der Waals surface area (Å²) < 4.78 is 11.0. The molecule has 0 aliphatic rings. The lowest BCUT2D eigenvalue weighted by Crippen LogP contribution is -2.34. The van der Waals surface area contributed by atoms with Crippen molar-refractivity contribution in [2.75, 3.05) is 19.8 Å². The molecule has 2 aromatic rings. The fourth-order valence-corrected chi connectivity index (χ4v) is 2.46. The third-order valence-electron chi connectivity index (χ3n) is 3.44. The van der Waals surface area contributed by atoms with Gasteiger partial charge in [-0.25, -0.2) is 0 Å². The summed E-state index contributed by atoms with van der Waals surface area (Å²) in [5, 5.41) is 10.2. The molecule has 1 aromatic carbocycles. The minimum atomic E-state index is -0.547. The second kappa shape index (κ2) is 9.30. The van der Waals surface area contributed by atoms with Crippen molar-refractivity contribution in [2.24, 2.45) is 0 Å². The molecule has 124 valence electrons. The summed E-state index contributed by atoms with van der Waals surface area (Å²) in [5.41, 5.74) is 1.20. The molecule has 0 aliphatic carbocycles. The highest BCUT2D eigenvalue weighted by atomic mass is 16.5. The van der Waals surface area contributed by atoms with Gasteiger partial charge in [0.1, 0.15) is 11.5 Å². The minimum absolute atomic E-state index is 0.300. The average molecular weight is 315 g/mol. The van der Waals surface area contributed by atoms with Gasteiger partial charge in [0, 0.05) is 13.1 Å². The Balaban J connectivity index is 1.96. The van der Waals surface area contributed by atoms with Crippen molar-refractivity contribution in [1.82, 2.24) is 4.90 Å². The molecular formula is C19H25NO3. The van der Waals surface area contributed by atoms with E-state index in [1.807, 2.05) is 37.3 Å². The van der Waals surface area contributed by atoms with Gasteiger partial charge in [0.2, 0.25) is 0 Å². The number of benzene rings is 1. The van der Waals surface area contributed by atoms with E-state index in [9.17, 15) is 5.11 Å². The zero-order chi connectivity index (χ0) is 16.5. The number of ether oxygens (including phenoxy) is 1. The predicted molar refractivity (Wildman–Crippen MR) is 91.0 cm³/mol. The van der Waals surface area contributed by atoms with Gasteiger partial charge in [-0.2, -0.15) is 0 Å². The van der Waals surface area contributed by atoms with E-state index in [-0.39, 0.29) is 0 Å². The second-order valence-corrected chi connectivity index (χ2v) is 5.65. The number of rotatable bonds is 10. The molecule has 1 aromatic heterocycles. The van der Waals surface area contributed by atoms with E-state index >= 15 is 0 Å². The van der Waals surface area contributed by atoms with Gasteiger partial charge in [-0.1, -0.05) is 36.4 Å². The van der Waals surface area contributed by atoms with Crippen molar-refractivity contribution in [3.8, 4) is 0 Å². The Hall–Kier alpha value is -1.88. The minimum Gasteiger partial charge on any atom is -0.465 e. The van der Waals surface area contributed by atoms with Crippen LogP contribution in [0.4, 0.5) is 0 Å². The summed E-state index contributed by atoms with van der Waals surface area (Å²) in [7, 11) is 0. The van der Waals surface area contributed by atoms with E-state index in [0.717, 1.165) is 18.1 Å². The third-order valence-corrected chi connectivity index (χ3v) is 3.44. The van der Waals surface area contributed by atoms with Crippen LogP contribution in [-0.2, 0) is 17.8 Å². The smallest absolute Gasteiger partial charge is 0.118 e. The van der Waals surface area contributed by atoms with E-state index in [4.69, 9.17) is 9.15 Å². The van der Waals surface area contributed by atoms with Crippen LogP contribution in [0.1, 0.15) is 17.1 Å². The maximum Gasteiger partial charge on any atom is 0.118 e. The maximum atomic E-state index is 10.2. The first kappa shape index (κ1) is 17.5. The second-order valence-electron chi connectivity index (χ2n) is 5.65. The largest absolute Gasteiger partial charge is 0.465 e. The molecular weight excluding hydrogens is 290 g/mol. The summed E-state index contributed by atoms with van der Waals surface area (Å²) in [6.45, 7) is 8.21. The summed E-state index contributed by atoms with van der Waals surface area (Å²) in [6.07, 6.45) is 1.13. The van der Waals surface area contributed by atoms with Gasteiger partial charge in [-0.05, 0) is 24.6 Å². The zero-order valence-corrected chi connectivity index (χ0v) is 13.6. The normalized spacial score (nSPS) is 12.5. The molecule has 0 amide bonds. The van der Waals surface area contributed by atoms with Crippen molar-refractivity contribution in [1.29, 1.82) is 0 Å². The summed E-state index contributed by atoms with van der Waals surface area (Å²) in [5.74, 6) is 1.80. The number of nitrogens with zero attached hydrogens (tertiary/aromatic N) is 1. The van der Waals surface area contributed by atoms with E-state index in [1.165, 1.54) is 5.56 Å². The van der Waals surface area contributed by atoms with Crippen molar-refractivity contribution < 1.29 is 14.3 Å². The van der Waals surface area contributed by atoms with E-state index in [1.54, 1.807) is 6.08 Å². The van der Waals surface area contributed by atoms with Crippen LogP contribution in [0.2, 0.25) is 0 Å². The molecule has 23 heavy (non-hydrogen) atoms. The Morgan fingerprint density at radius 3 is 2.65 bits per heavy atom. The summed E-state index contributed by atoms with van der Waals surface area (Å²) in [6, 6.07) is 14.2. The van der Waals surface area contributed by atoms with Gasteiger partial charge in [0.05, 0.1) is 25.9 Å². The molecule has 0 radical (unpaired) electrons. The van der Waals surface area contributed by atoms with Crippen molar-refractivity contribution in [2.45, 2.75) is 26.1 Å². The first-order valence-corrected chi connectivity index (χ1v) is 7.85. The van der Waals surface area contributed by atoms with Crippen LogP contribution in [0.3, 0.4) is 0 Å². The average Bonchev–Trinajstić information content (AvgIpc) is 2.93. The van der Waals surface area contributed by atoms with Crippen molar-refractivity contribution in [3.05, 3.63) is 72.2 Å². The molecule has 0 aliphatic heterocycles. The molecule has 4 heteroatoms. The van der Waals surface area contributed by atoms with Crippen LogP contribution < -0.4 is 0 Å². The Morgan fingerprint density at radius 2 is 2.00 bits per heavy atom. The summed E-state index contributed by atoms with van der Waals surface area (Å²) in [4.78, 5) is 2.16. The molecule has 0 bridgehead atoms. The number of aliphatic hydroxyl groups excluding tert-OH is 1. The Bertz CT molecular complexity index is 579. The van der Waals surface area contributed by atoms with Crippen molar-refractivity contribution in [3.63, 3.8) is 0 Å². The third kappa shape index (κ3) is 6.40. The van der Waals surface area contributed by atoms with Crippen LogP contribution in [0.15, 0.2) is 59.5 Å². The molecule has 1 N–H and O–H groups in total. The lowest BCUT2D eigenvalue weighted by atomic mass is 10.2. The molecule has 0 saturated heterocycles. The highest BCUT2D eigenvalue weighted by molar-refractivity contribution is 5.15. The van der Waals surface area contributed by atoms with Gasteiger partial charge in [0.25, 0.3) is 0 Å². The monoisotopic (exact) mass is 315 g/mol. The molecule has 1 atom stereocenters. The molecule has 4 nitrogen and oxygen atoms in total. The van der Waals surface area contributed by atoms with Gasteiger partial charge in [0.15, 0.2) is 0 Å². The number of hydrogen-bond acceptors (Lipinski definition) is 4. The SMILES string of the molecule is C=CCOC[C@@H](O)CN(Cc1ccccc1)Cc1ccc(C)o1. The highest BCUT2D eigenvalue weighted by Gasteiger charge is 2.14. The fraction of sp³-hybridized carbons (Fsp3) is 0.368. The molecule has 1 heterocycles. The number of furan rings is 1. The number of aryl methyl sites for hydroxylation is 1. The van der Waals surface area contributed by atoms with Gasteiger partial charge in [-0.15, -0.1) is 6.58 Å². The summed E-state index contributed by atoms with van der Waals surface area (Å²) >= 11 is 0. The van der Waals surface area contributed by atoms with E-state index in [0.29, 0.717) is 26.3 Å². The quantitative estimate of drug-likeness (QED) is 0.540. The lowest BCUT2D eigenvalue weighted by molar-refractivity contribution is 0.0215. The molecule has 0 spiro atoms. The van der Waals surface area contributed by atoms with Gasteiger partial charge in [-0.3, -0.25) is 4.90 Å². The lowest BCUT2D eigenvalue weighted by Gasteiger charge is -2.24. The number of hydrogen-bond donors (Lipinski definition) is 1. The maximum absolute atomic E-state index is 10.2. The van der Waals surface area contributed by atoms with E-state index < -0.39 is 6.10 Å². The molecule has 0 fully saturated rings. The number of aliphatic hydroxyl groups is 1. The molecule has 0 saturated carbocycles. The van der Waals surface area contributed by atoms with Crippen LogP contribution in [0.25, 0.3) is 0 Å². The van der Waals surface area contributed by atoms with Crippen LogP contribution >= 0.6 is 0 Å². The van der Waals surface area contributed by atoms with Crippen LogP contribution in [0, 0.1) is 6.92 Å². The van der Waals surface area contributed by atoms with Crippen LogP contribution in [-0.4, -0.2) is 35.9 Å². The van der Waals surface area contributed by atoms with E-state index in [2.05, 4.69) is 23.6 Å². The Kier molecular flexibility index (Phi) is 7.07. The Morgan fingerprint density at radius 1 is 1.22 bits per heavy atom. The van der Waals surface area contributed by atoms with Gasteiger partial charge < -0.3 is 14.3 Å². The topological polar surface area (TPSA) is 45.8 Å². The van der Waals surface area contributed by atoms with Gasteiger partial charge >= 0.3 is 0 Å². The molecule has 2 rings (SSSR count). The molecule has 0 unspecified atom stereocenters. The predicted octanol–water partition coefficient (Wildman–Crippen LogP) is 3.15. The van der Waals surface area contributed by atoms with Crippen molar-refractivity contribution >= 4 is 0 Å². The first-order valence-electron chi connectivity index (χ1n) is 7.85. The fourth-order valence-electron chi connectivity index (χ4n) is 2.46. The standard InChI is InChI=1S/C19H25NO3/c1-3-11-22-15-18(21)13-20(12-17-7-5-4-6-8-17)14-19-10-9-16(2)23-19/h3-10,18,21H,1,11-15H2,2H3/t18-/m0/s1. The Labute approximate surface area is 138 Å². The zero-order valence-electron chi connectivity index (χ0n) is 13.6. The van der Waals surface area contributed by atoms with Crippen LogP contribution in [0.5, 0.6) is 0 Å².